The van der Waals surface area contributed by atoms with E-state index in [1.807, 2.05) is 0 Å². The van der Waals surface area contributed by atoms with Gasteiger partial charge in [-0.3, -0.25) is 4.79 Å². The van der Waals surface area contributed by atoms with Gasteiger partial charge in [0.25, 0.3) is 0 Å². The van der Waals surface area contributed by atoms with Crippen LogP contribution in [-0.4, -0.2) is 41.9 Å². The van der Waals surface area contributed by atoms with Crippen molar-refractivity contribution in [3.8, 4) is 0 Å². The van der Waals surface area contributed by atoms with Crippen LogP contribution in [0.15, 0.2) is 33.8 Å². The van der Waals surface area contributed by atoms with Crippen molar-refractivity contribution in [1.82, 2.24) is 14.4 Å². The first kappa shape index (κ1) is 17.6. The van der Waals surface area contributed by atoms with Crippen molar-refractivity contribution in [2.45, 2.75) is 31.6 Å². The zero-order valence-corrected chi connectivity index (χ0v) is 14.9. The third-order valence-corrected chi connectivity index (χ3v) is 6.35. The van der Waals surface area contributed by atoms with Gasteiger partial charge in [0.1, 0.15) is 16.4 Å². The summed E-state index contributed by atoms with van der Waals surface area (Å²) < 4.78 is 32.1. The van der Waals surface area contributed by atoms with E-state index in [0.717, 1.165) is 0 Å². The fraction of sp³-hybridized carbons (Fsp3) is 0.438. The number of anilines is 1. The quantitative estimate of drug-likeness (QED) is 0.886. The number of aryl methyl sites for hydroxylation is 2. The number of hydrogen-bond donors (Lipinski definition) is 1. The third kappa shape index (κ3) is 3.57. The number of carbonyl (C=O) groups excluding carboxylic acids is 1. The topological polar surface area (TPSA) is 105 Å². The molecule has 9 heteroatoms. The van der Waals surface area contributed by atoms with Crippen LogP contribution in [0.4, 0.5) is 5.82 Å². The summed E-state index contributed by atoms with van der Waals surface area (Å²) in [6, 6.07) is 5.23. The monoisotopic (exact) mass is 364 g/mol. The molecule has 1 N–H and O–H groups in total. The van der Waals surface area contributed by atoms with Gasteiger partial charge in [-0.25, -0.2) is 13.4 Å². The van der Waals surface area contributed by atoms with Gasteiger partial charge in [-0.05, 0) is 38.8 Å². The zero-order chi connectivity index (χ0) is 18.0. The molecule has 0 aromatic carbocycles. The molecule has 8 nitrogen and oxygen atoms in total. The van der Waals surface area contributed by atoms with Crippen molar-refractivity contribution in [2.24, 2.45) is 5.92 Å². The van der Waals surface area contributed by atoms with E-state index >= 15 is 0 Å². The molecule has 1 atom stereocenters. The number of rotatable bonds is 4. The predicted molar refractivity (Wildman–Crippen MR) is 90.3 cm³/mol. The summed E-state index contributed by atoms with van der Waals surface area (Å²) in [5.74, 6) is 0.0686. The average Bonchev–Trinajstić information content (AvgIpc) is 2.95. The molecule has 0 spiro atoms. The Morgan fingerprint density at radius 3 is 2.80 bits per heavy atom. The van der Waals surface area contributed by atoms with E-state index in [-0.39, 0.29) is 23.1 Å². The van der Waals surface area contributed by atoms with Crippen LogP contribution in [-0.2, 0) is 14.8 Å². The van der Waals surface area contributed by atoms with E-state index < -0.39 is 15.9 Å². The van der Waals surface area contributed by atoms with Crippen LogP contribution in [0.25, 0.3) is 0 Å². The Morgan fingerprint density at radius 1 is 1.36 bits per heavy atom. The molecule has 2 aromatic rings. The molecular weight excluding hydrogens is 344 g/mol. The average molecular weight is 364 g/mol. The minimum absolute atomic E-state index is 0.0956. The van der Waals surface area contributed by atoms with E-state index in [1.54, 1.807) is 38.2 Å². The lowest BCUT2D eigenvalue weighted by Gasteiger charge is -2.31. The Bertz CT molecular complexity index is 844. The molecule has 3 rings (SSSR count). The fourth-order valence-corrected chi connectivity index (χ4v) is 4.83. The summed E-state index contributed by atoms with van der Waals surface area (Å²) >= 11 is 0. The van der Waals surface area contributed by atoms with Gasteiger partial charge >= 0.3 is 0 Å². The lowest BCUT2D eigenvalue weighted by molar-refractivity contribution is -0.120. The number of nitrogens with one attached hydrogen (secondary N) is 1. The van der Waals surface area contributed by atoms with Gasteiger partial charge in [-0.2, -0.15) is 4.31 Å². The summed E-state index contributed by atoms with van der Waals surface area (Å²) in [5.41, 5.74) is 0.331. The number of piperidine rings is 1. The summed E-state index contributed by atoms with van der Waals surface area (Å²) in [7, 11) is -3.74. The first-order valence-electron chi connectivity index (χ1n) is 8.04. The van der Waals surface area contributed by atoms with E-state index in [4.69, 9.17) is 4.52 Å². The number of nitrogens with zero attached hydrogens (tertiary/aromatic N) is 3. The second-order valence-corrected chi connectivity index (χ2v) is 7.93. The molecule has 3 heterocycles. The lowest BCUT2D eigenvalue weighted by Crippen LogP contribution is -2.44. The largest absolute Gasteiger partial charge is 0.360 e. The summed E-state index contributed by atoms with van der Waals surface area (Å²) in [4.78, 5) is 16.6. The molecule has 25 heavy (non-hydrogen) atoms. The molecule has 1 saturated heterocycles. The second-order valence-electron chi connectivity index (χ2n) is 6.06. The molecule has 1 aliphatic heterocycles. The van der Waals surface area contributed by atoms with Crippen LogP contribution >= 0.6 is 0 Å². The Hall–Kier alpha value is -2.26. The number of aromatic nitrogens is 2. The lowest BCUT2D eigenvalue weighted by atomic mass is 9.99. The van der Waals surface area contributed by atoms with E-state index in [1.165, 1.54) is 4.31 Å². The minimum atomic E-state index is -3.74. The van der Waals surface area contributed by atoms with Gasteiger partial charge in [0.05, 0.1) is 5.92 Å². The number of carbonyl (C=O) groups is 1. The number of pyridine rings is 1. The highest BCUT2D eigenvalue weighted by atomic mass is 32.2. The molecule has 1 unspecified atom stereocenters. The maximum atomic E-state index is 12.9. The Balaban J connectivity index is 1.76. The third-order valence-electron chi connectivity index (χ3n) is 4.24. The molecule has 0 radical (unpaired) electrons. The van der Waals surface area contributed by atoms with Crippen LogP contribution < -0.4 is 5.32 Å². The van der Waals surface area contributed by atoms with Crippen molar-refractivity contribution in [2.75, 3.05) is 18.4 Å². The molecule has 0 bridgehead atoms. The second kappa shape index (κ2) is 6.93. The molecular formula is C16H20N4O4S. The maximum absolute atomic E-state index is 12.9. The number of sulfonamides is 1. The van der Waals surface area contributed by atoms with Gasteiger partial charge in [0.15, 0.2) is 5.76 Å². The van der Waals surface area contributed by atoms with E-state index in [0.29, 0.717) is 30.9 Å². The molecule has 0 saturated carbocycles. The van der Waals surface area contributed by atoms with Crippen LogP contribution in [0.1, 0.15) is 24.3 Å². The molecule has 2 aromatic heterocycles. The van der Waals surface area contributed by atoms with Crippen molar-refractivity contribution in [3.05, 3.63) is 35.9 Å². The van der Waals surface area contributed by atoms with Crippen molar-refractivity contribution in [1.29, 1.82) is 0 Å². The van der Waals surface area contributed by atoms with Crippen LogP contribution in [0.5, 0.6) is 0 Å². The molecule has 1 amide bonds. The van der Waals surface area contributed by atoms with Gasteiger partial charge in [-0.1, -0.05) is 11.2 Å². The highest BCUT2D eigenvalue weighted by Crippen LogP contribution is 2.28. The maximum Gasteiger partial charge on any atom is 0.248 e. The molecule has 0 aliphatic carbocycles. The molecule has 1 aliphatic rings. The van der Waals surface area contributed by atoms with Crippen molar-refractivity contribution >= 4 is 21.7 Å². The SMILES string of the molecule is Cc1noc(C)c1S(=O)(=O)N1CCCC(C(=O)Nc2ccccn2)C1. The smallest absolute Gasteiger partial charge is 0.248 e. The molecule has 1 fully saturated rings. The van der Waals surface area contributed by atoms with Crippen LogP contribution in [0.3, 0.4) is 0 Å². The number of amides is 1. The summed E-state index contributed by atoms with van der Waals surface area (Å²) in [6.07, 6.45) is 2.83. The van der Waals surface area contributed by atoms with Gasteiger partial charge < -0.3 is 9.84 Å². The van der Waals surface area contributed by atoms with Crippen molar-refractivity contribution in [3.63, 3.8) is 0 Å². The number of hydrogen-bond acceptors (Lipinski definition) is 6. The minimum Gasteiger partial charge on any atom is -0.360 e. The van der Waals surface area contributed by atoms with Gasteiger partial charge in [-0.15, -0.1) is 0 Å². The summed E-state index contributed by atoms with van der Waals surface area (Å²) in [6.45, 7) is 3.67. The van der Waals surface area contributed by atoms with Crippen LogP contribution in [0, 0.1) is 19.8 Å². The Morgan fingerprint density at radius 2 is 2.16 bits per heavy atom. The Kier molecular flexibility index (Phi) is 4.87. The highest BCUT2D eigenvalue weighted by Gasteiger charge is 2.36. The first-order chi connectivity index (χ1) is 11.9. The highest BCUT2D eigenvalue weighted by molar-refractivity contribution is 7.89. The van der Waals surface area contributed by atoms with Gasteiger partial charge in [0, 0.05) is 19.3 Å². The van der Waals surface area contributed by atoms with Crippen LogP contribution in [0.2, 0.25) is 0 Å². The summed E-state index contributed by atoms with van der Waals surface area (Å²) in [5, 5.41) is 6.46. The first-order valence-corrected chi connectivity index (χ1v) is 9.48. The van der Waals surface area contributed by atoms with E-state index in [2.05, 4.69) is 15.5 Å². The Labute approximate surface area is 146 Å². The van der Waals surface area contributed by atoms with E-state index in [9.17, 15) is 13.2 Å². The fourth-order valence-electron chi connectivity index (χ4n) is 3.01. The predicted octanol–water partition coefficient (Wildman–Crippen LogP) is 1.73. The molecule has 134 valence electrons. The van der Waals surface area contributed by atoms with Crippen molar-refractivity contribution < 1.29 is 17.7 Å². The van der Waals surface area contributed by atoms with Gasteiger partial charge in [0.2, 0.25) is 15.9 Å². The zero-order valence-electron chi connectivity index (χ0n) is 14.1. The standard InChI is InChI=1S/C16H20N4O4S/c1-11-15(12(2)24-19-11)25(22,23)20-9-5-6-13(10-20)16(21)18-14-7-3-4-8-17-14/h3-4,7-8,13H,5-6,9-10H2,1-2H3,(H,17,18,21). The normalized spacial score (nSPS) is 18.9.